The zero-order valence-electron chi connectivity index (χ0n) is 14.4. The van der Waals surface area contributed by atoms with Crippen LogP contribution in [0.2, 0.25) is 0 Å². The maximum absolute atomic E-state index is 12.5. The number of amides is 1. The number of halogens is 1. The minimum Gasteiger partial charge on any atom is -0.322 e. The maximum atomic E-state index is 12.5. The number of pyridine rings is 1. The Balaban J connectivity index is 1.78. The molecule has 0 aliphatic rings. The lowest BCUT2D eigenvalue weighted by molar-refractivity contribution is 0.102. The molecule has 1 amide bonds. The van der Waals surface area contributed by atoms with Crippen LogP contribution >= 0.6 is 15.9 Å². The minimum absolute atomic E-state index is 0.281. The molecule has 28 heavy (non-hydrogen) atoms. The monoisotopic (exact) mass is 460 g/mol. The van der Waals surface area contributed by atoms with Crippen molar-refractivity contribution in [3.63, 3.8) is 0 Å². The Bertz CT molecular complexity index is 1180. The molecular weight excluding hydrogens is 448 g/mol. The summed E-state index contributed by atoms with van der Waals surface area (Å²) in [6.07, 6.45) is 5.33. The van der Waals surface area contributed by atoms with Gasteiger partial charge in [0.25, 0.3) is 5.91 Å². The number of rotatable bonds is 5. The highest BCUT2D eigenvalue weighted by Gasteiger charge is 2.12. The molecule has 2 N–H and O–H groups in total. The second-order valence-corrected chi connectivity index (χ2v) is 8.41. The van der Waals surface area contributed by atoms with E-state index in [4.69, 9.17) is 5.26 Å². The summed E-state index contributed by atoms with van der Waals surface area (Å²) in [6, 6.07) is 9.90. The largest absolute Gasteiger partial charge is 0.322 e. The molecule has 3 rings (SSSR count). The van der Waals surface area contributed by atoms with Crippen molar-refractivity contribution in [1.29, 1.82) is 5.26 Å². The molecule has 0 spiro atoms. The number of hydrogen-bond acceptors (Lipinski definition) is 6. The van der Waals surface area contributed by atoms with Gasteiger partial charge in [-0.15, -0.1) is 0 Å². The Kier molecular flexibility index (Phi) is 5.43. The van der Waals surface area contributed by atoms with Gasteiger partial charge in [0.1, 0.15) is 6.07 Å². The predicted molar refractivity (Wildman–Crippen MR) is 107 cm³/mol. The smallest absolute Gasteiger partial charge is 0.258 e. The first-order valence-electron chi connectivity index (χ1n) is 7.74. The summed E-state index contributed by atoms with van der Waals surface area (Å²) in [6.45, 7) is 0. The van der Waals surface area contributed by atoms with E-state index >= 15 is 0 Å². The summed E-state index contributed by atoms with van der Waals surface area (Å²) in [4.78, 5) is 16.6. The van der Waals surface area contributed by atoms with Crippen LogP contribution in [0.4, 0.5) is 11.4 Å². The minimum atomic E-state index is -3.45. The number of nitrogens with one attached hydrogen (secondary N) is 2. The summed E-state index contributed by atoms with van der Waals surface area (Å²) in [5.74, 6) is 0.0310. The van der Waals surface area contributed by atoms with E-state index in [0.717, 1.165) is 6.26 Å². The van der Waals surface area contributed by atoms with Crippen LogP contribution < -0.4 is 10.0 Å². The Morgan fingerprint density at radius 2 is 1.96 bits per heavy atom. The topological polar surface area (TPSA) is 130 Å². The second-order valence-electron chi connectivity index (χ2n) is 5.75. The van der Waals surface area contributed by atoms with Crippen LogP contribution in [0.15, 0.2) is 53.4 Å². The first kappa shape index (κ1) is 19.5. The van der Waals surface area contributed by atoms with Gasteiger partial charge < -0.3 is 5.32 Å². The third-order valence-electron chi connectivity index (χ3n) is 3.42. The summed E-state index contributed by atoms with van der Waals surface area (Å²) in [5, 5.41) is 15.6. The standard InChI is InChI=1S/C17H13BrN6O3S/c1-28(26,27)23-15-5-13(18)4-14(6-15)22-17(25)12-9-21-24(10-12)16-3-2-11(7-19)8-20-16/h2-6,8-10,23H,1H3,(H,22,25). The predicted octanol–water partition coefficient (Wildman–Crippen LogP) is 2.53. The van der Waals surface area contributed by atoms with Gasteiger partial charge in [0, 0.05) is 22.6 Å². The van der Waals surface area contributed by atoms with E-state index in [0.29, 0.717) is 27.2 Å². The number of aromatic nitrogens is 3. The van der Waals surface area contributed by atoms with Crippen molar-refractivity contribution in [2.75, 3.05) is 16.3 Å². The van der Waals surface area contributed by atoms with Crippen molar-refractivity contribution in [2.24, 2.45) is 0 Å². The van der Waals surface area contributed by atoms with Gasteiger partial charge in [-0.3, -0.25) is 9.52 Å². The lowest BCUT2D eigenvalue weighted by atomic mass is 10.2. The average Bonchev–Trinajstić information content (AvgIpc) is 3.10. The highest BCUT2D eigenvalue weighted by Crippen LogP contribution is 2.24. The third-order valence-corrected chi connectivity index (χ3v) is 4.48. The average molecular weight is 461 g/mol. The van der Waals surface area contributed by atoms with Gasteiger partial charge in [0.15, 0.2) is 5.82 Å². The van der Waals surface area contributed by atoms with Crippen molar-refractivity contribution in [3.05, 3.63) is 64.5 Å². The fraction of sp³-hybridized carbons (Fsp3) is 0.0588. The third kappa shape index (κ3) is 4.93. The van der Waals surface area contributed by atoms with Crippen LogP contribution in [0.1, 0.15) is 15.9 Å². The molecule has 11 heteroatoms. The van der Waals surface area contributed by atoms with Crippen LogP contribution in [0.25, 0.3) is 5.82 Å². The van der Waals surface area contributed by atoms with Gasteiger partial charge >= 0.3 is 0 Å². The van der Waals surface area contributed by atoms with Gasteiger partial charge in [0.05, 0.1) is 29.3 Å². The van der Waals surface area contributed by atoms with Crippen LogP contribution in [0.5, 0.6) is 0 Å². The van der Waals surface area contributed by atoms with E-state index in [-0.39, 0.29) is 5.56 Å². The van der Waals surface area contributed by atoms with Crippen molar-refractivity contribution in [3.8, 4) is 11.9 Å². The van der Waals surface area contributed by atoms with Crippen LogP contribution in [0.3, 0.4) is 0 Å². The molecule has 1 aromatic carbocycles. The molecule has 9 nitrogen and oxygen atoms in total. The van der Waals surface area contributed by atoms with Crippen molar-refractivity contribution >= 4 is 43.2 Å². The van der Waals surface area contributed by atoms with Crippen molar-refractivity contribution in [2.45, 2.75) is 0 Å². The molecule has 2 heterocycles. The SMILES string of the molecule is CS(=O)(=O)Nc1cc(Br)cc(NC(=O)c2cnn(-c3ccc(C#N)cn3)c2)c1. The number of nitrogens with zero attached hydrogens (tertiary/aromatic N) is 4. The van der Waals surface area contributed by atoms with E-state index in [2.05, 4.69) is 36.1 Å². The Hall–Kier alpha value is -3.23. The molecule has 3 aromatic rings. The molecule has 0 aliphatic heterocycles. The second kappa shape index (κ2) is 7.79. The lowest BCUT2D eigenvalue weighted by Gasteiger charge is -2.09. The molecule has 0 saturated heterocycles. The lowest BCUT2D eigenvalue weighted by Crippen LogP contribution is -2.13. The summed E-state index contributed by atoms with van der Waals surface area (Å²) < 4.78 is 27.1. The number of carbonyl (C=O) groups is 1. The molecule has 0 bridgehead atoms. The van der Waals surface area contributed by atoms with Gasteiger partial charge in [-0.2, -0.15) is 10.4 Å². The van der Waals surface area contributed by atoms with E-state index in [1.165, 1.54) is 29.3 Å². The fourth-order valence-electron chi connectivity index (χ4n) is 2.29. The van der Waals surface area contributed by atoms with E-state index in [9.17, 15) is 13.2 Å². The number of hydrogen-bond donors (Lipinski definition) is 2. The zero-order valence-corrected chi connectivity index (χ0v) is 16.8. The molecule has 0 radical (unpaired) electrons. The van der Waals surface area contributed by atoms with E-state index < -0.39 is 15.9 Å². The van der Waals surface area contributed by atoms with Gasteiger partial charge in [-0.25, -0.2) is 18.1 Å². The molecule has 2 aromatic heterocycles. The molecular formula is C17H13BrN6O3S. The normalized spacial score (nSPS) is 10.9. The van der Waals surface area contributed by atoms with Crippen LogP contribution in [-0.2, 0) is 10.0 Å². The molecule has 0 fully saturated rings. The number of benzene rings is 1. The van der Waals surface area contributed by atoms with E-state index in [1.54, 1.807) is 24.3 Å². The number of anilines is 2. The van der Waals surface area contributed by atoms with Gasteiger partial charge in [0.2, 0.25) is 10.0 Å². The Morgan fingerprint density at radius 3 is 2.61 bits per heavy atom. The number of carbonyl (C=O) groups excluding carboxylic acids is 1. The Labute approximate surface area is 169 Å². The summed E-state index contributed by atoms with van der Waals surface area (Å²) >= 11 is 3.28. The van der Waals surface area contributed by atoms with E-state index in [1.807, 2.05) is 6.07 Å². The van der Waals surface area contributed by atoms with Crippen LogP contribution in [0, 0.1) is 11.3 Å². The molecule has 0 unspecified atom stereocenters. The first-order valence-corrected chi connectivity index (χ1v) is 10.4. The zero-order chi connectivity index (χ0) is 20.3. The number of nitriles is 1. The Morgan fingerprint density at radius 1 is 1.21 bits per heavy atom. The fourth-order valence-corrected chi connectivity index (χ4v) is 3.33. The molecule has 0 aliphatic carbocycles. The maximum Gasteiger partial charge on any atom is 0.258 e. The quantitative estimate of drug-likeness (QED) is 0.601. The van der Waals surface area contributed by atoms with Crippen molar-refractivity contribution < 1.29 is 13.2 Å². The highest BCUT2D eigenvalue weighted by atomic mass is 79.9. The summed E-state index contributed by atoms with van der Waals surface area (Å²) in [5.41, 5.74) is 1.41. The summed E-state index contributed by atoms with van der Waals surface area (Å²) in [7, 11) is -3.45. The number of sulfonamides is 1. The highest BCUT2D eigenvalue weighted by molar-refractivity contribution is 9.10. The molecule has 0 saturated carbocycles. The van der Waals surface area contributed by atoms with Gasteiger partial charge in [-0.1, -0.05) is 15.9 Å². The van der Waals surface area contributed by atoms with Crippen LogP contribution in [-0.4, -0.2) is 35.3 Å². The van der Waals surface area contributed by atoms with Crippen molar-refractivity contribution in [1.82, 2.24) is 14.8 Å². The molecule has 142 valence electrons. The van der Waals surface area contributed by atoms with Gasteiger partial charge in [-0.05, 0) is 30.3 Å². The molecule has 0 atom stereocenters. The first-order chi connectivity index (χ1) is 13.2.